The fourth-order valence-corrected chi connectivity index (χ4v) is 3.53. The van der Waals surface area contributed by atoms with Crippen molar-refractivity contribution in [1.82, 2.24) is 19.9 Å². The van der Waals surface area contributed by atoms with Crippen LogP contribution in [0.25, 0.3) is 22.2 Å². The number of rotatable bonds is 4. The quantitative estimate of drug-likeness (QED) is 0.711. The molecule has 4 rings (SSSR count). The van der Waals surface area contributed by atoms with Crippen LogP contribution in [-0.4, -0.2) is 52.0 Å². The zero-order valence-corrected chi connectivity index (χ0v) is 15.8. The fourth-order valence-electron chi connectivity index (χ4n) is 3.53. The Morgan fingerprint density at radius 2 is 1.81 bits per heavy atom. The minimum Gasteiger partial charge on any atom is -0.340 e. The van der Waals surface area contributed by atoms with Crippen molar-refractivity contribution in [2.45, 2.75) is 20.4 Å². The third-order valence-corrected chi connectivity index (χ3v) is 5.03. The molecular formula is C21H24N4O2. The SMILES string of the molecule is CC(C)C(=O)N1CCN(Cc2noc(-c3cccc4ccccc34)n2)CC1. The van der Waals surface area contributed by atoms with Crippen LogP contribution in [-0.2, 0) is 11.3 Å². The second-order valence-corrected chi connectivity index (χ2v) is 7.30. The first-order chi connectivity index (χ1) is 13.1. The van der Waals surface area contributed by atoms with Gasteiger partial charge in [0.05, 0.1) is 6.54 Å². The molecule has 0 atom stereocenters. The van der Waals surface area contributed by atoms with Gasteiger partial charge in [-0.2, -0.15) is 4.98 Å². The number of carbonyl (C=O) groups excluding carboxylic acids is 1. The van der Waals surface area contributed by atoms with Crippen LogP contribution in [0.1, 0.15) is 19.7 Å². The van der Waals surface area contributed by atoms with Gasteiger partial charge in [0, 0.05) is 37.7 Å². The first kappa shape index (κ1) is 17.7. The van der Waals surface area contributed by atoms with Gasteiger partial charge in [0.15, 0.2) is 5.82 Å². The molecule has 1 aromatic heterocycles. The van der Waals surface area contributed by atoms with Crippen LogP contribution < -0.4 is 0 Å². The number of carbonyl (C=O) groups is 1. The Kier molecular flexibility index (Phi) is 4.90. The zero-order chi connectivity index (χ0) is 18.8. The molecule has 1 amide bonds. The molecule has 0 aliphatic carbocycles. The van der Waals surface area contributed by atoms with E-state index in [0.717, 1.165) is 42.5 Å². The van der Waals surface area contributed by atoms with E-state index in [4.69, 9.17) is 4.52 Å². The molecule has 3 aromatic rings. The van der Waals surface area contributed by atoms with Crippen LogP contribution in [0, 0.1) is 5.92 Å². The van der Waals surface area contributed by atoms with E-state index in [9.17, 15) is 4.79 Å². The number of benzene rings is 2. The first-order valence-electron chi connectivity index (χ1n) is 9.43. The molecule has 0 radical (unpaired) electrons. The van der Waals surface area contributed by atoms with E-state index >= 15 is 0 Å². The zero-order valence-electron chi connectivity index (χ0n) is 15.8. The smallest absolute Gasteiger partial charge is 0.258 e. The number of hydrogen-bond acceptors (Lipinski definition) is 5. The van der Waals surface area contributed by atoms with E-state index < -0.39 is 0 Å². The summed E-state index contributed by atoms with van der Waals surface area (Å²) in [5.74, 6) is 1.52. The molecule has 27 heavy (non-hydrogen) atoms. The normalized spacial score (nSPS) is 15.6. The molecule has 0 saturated carbocycles. The molecule has 1 saturated heterocycles. The molecule has 2 aromatic carbocycles. The van der Waals surface area contributed by atoms with Gasteiger partial charge in [-0.1, -0.05) is 55.4 Å². The van der Waals surface area contributed by atoms with E-state index in [-0.39, 0.29) is 11.8 Å². The molecule has 1 aliphatic heterocycles. The highest BCUT2D eigenvalue weighted by Gasteiger charge is 2.24. The summed E-state index contributed by atoms with van der Waals surface area (Å²) in [7, 11) is 0. The average Bonchev–Trinajstić information content (AvgIpc) is 3.15. The summed E-state index contributed by atoms with van der Waals surface area (Å²) in [6, 6.07) is 14.3. The summed E-state index contributed by atoms with van der Waals surface area (Å²) in [6.45, 7) is 7.70. The number of fused-ring (bicyclic) bond motifs is 1. The summed E-state index contributed by atoms with van der Waals surface area (Å²) >= 11 is 0. The second-order valence-electron chi connectivity index (χ2n) is 7.30. The van der Waals surface area contributed by atoms with Crippen molar-refractivity contribution in [2.75, 3.05) is 26.2 Å². The number of hydrogen-bond donors (Lipinski definition) is 0. The van der Waals surface area contributed by atoms with Crippen molar-refractivity contribution in [2.24, 2.45) is 5.92 Å². The highest BCUT2D eigenvalue weighted by molar-refractivity contribution is 5.94. The molecule has 0 N–H and O–H groups in total. The minimum absolute atomic E-state index is 0.0528. The van der Waals surface area contributed by atoms with Crippen molar-refractivity contribution in [3.05, 3.63) is 48.3 Å². The van der Waals surface area contributed by atoms with Crippen molar-refractivity contribution in [3.63, 3.8) is 0 Å². The molecule has 6 heteroatoms. The van der Waals surface area contributed by atoms with Crippen LogP contribution in [0.5, 0.6) is 0 Å². The maximum atomic E-state index is 12.1. The van der Waals surface area contributed by atoms with Crippen LogP contribution in [0.3, 0.4) is 0 Å². The van der Waals surface area contributed by atoms with Crippen LogP contribution in [0.2, 0.25) is 0 Å². The Bertz CT molecular complexity index is 937. The molecule has 0 unspecified atom stereocenters. The third-order valence-electron chi connectivity index (χ3n) is 5.03. The fraction of sp³-hybridized carbons (Fsp3) is 0.381. The molecular weight excluding hydrogens is 340 g/mol. The summed E-state index contributed by atoms with van der Waals surface area (Å²) in [4.78, 5) is 20.9. The Morgan fingerprint density at radius 1 is 1.07 bits per heavy atom. The van der Waals surface area contributed by atoms with Crippen molar-refractivity contribution < 1.29 is 9.32 Å². The Hall–Kier alpha value is -2.73. The maximum Gasteiger partial charge on any atom is 0.258 e. The first-order valence-corrected chi connectivity index (χ1v) is 9.43. The van der Waals surface area contributed by atoms with Gasteiger partial charge in [-0.3, -0.25) is 9.69 Å². The molecule has 1 fully saturated rings. The lowest BCUT2D eigenvalue weighted by Gasteiger charge is -2.34. The highest BCUT2D eigenvalue weighted by atomic mass is 16.5. The number of amides is 1. The molecule has 6 nitrogen and oxygen atoms in total. The van der Waals surface area contributed by atoms with Gasteiger partial charge >= 0.3 is 0 Å². The average molecular weight is 364 g/mol. The monoisotopic (exact) mass is 364 g/mol. The third kappa shape index (κ3) is 3.71. The number of nitrogens with zero attached hydrogens (tertiary/aromatic N) is 4. The van der Waals surface area contributed by atoms with E-state index in [1.807, 2.05) is 43.0 Å². The molecule has 0 spiro atoms. The largest absolute Gasteiger partial charge is 0.340 e. The second kappa shape index (κ2) is 7.48. The van der Waals surface area contributed by atoms with Gasteiger partial charge in [-0.15, -0.1) is 0 Å². The lowest BCUT2D eigenvalue weighted by atomic mass is 10.0. The van der Waals surface area contributed by atoms with E-state index in [1.54, 1.807) is 0 Å². The van der Waals surface area contributed by atoms with Gasteiger partial charge in [0.25, 0.3) is 5.89 Å². The highest BCUT2D eigenvalue weighted by Crippen LogP contribution is 2.27. The van der Waals surface area contributed by atoms with Gasteiger partial charge in [0.1, 0.15) is 0 Å². The summed E-state index contributed by atoms with van der Waals surface area (Å²) in [5, 5.41) is 6.43. The Balaban J connectivity index is 1.44. The lowest BCUT2D eigenvalue weighted by Crippen LogP contribution is -2.49. The van der Waals surface area contributed by atoms with Crippen molar-refractivity contribution in [1.29, 1.82) is 0 Å². The van der Waals surface area contributed by atoms with Crippen molar-refractivity contribution >= 4 is 16.7 Å². The summed E-state index contributed by atoms with van der Waals surface area (Å²) < 4.78 is 5.54. The summed E-state index contributed by atoms with van der Waals surface area (Å²) in [6.07, 6.45) is 0. The van der Waals surface area contributed by atoms with E-state index in [0.29, 0.717) is 18.3 Å². The Morgan fingerprint density at radius 3 is 2.59 bits per heavy atom. The van der Waals surface area contributed by atoms with Crippen LogP contribution in [0.15, 0.2) is 47.0 Å². The van der Waals surface area contributed by atoms with Gasteiger partial charge in [-0.25, -0.2) is 0 Å². The molecule has 0 bridgehead atoms. The lowest BCUT2D eigenvalue weighted by molar-refractivity contribution is -0.136. The molecule has 2 heterocycles. The number of aromatic nitrogens is 2. The van der Waals surface area contributed by atoms with Gasteiger partial charge in [-0.05, 0) is 16.8 Å². The molecule has 140 valence electrons. The van der Waals surface area contributed by atoms with Gasteiger partial charge in [0.2, 0.25) is 5.91 Å². The predicted octanol–water partition coefficient (Wildman–Crippen LogP) is 3.19. The van der Waals surface area contributed by atoms with E-state index in [2.05, 4.69) is 33.2 Å². The standard InChI is InChI=1S/C21H24N4O2/c1-15(2)21(26)25-12-10-24(11-13-25)14-19-22-20(27-23-19)18-9-5-7-16-6-3-4-8-17(16)18/h3-9,15H,10-14H2,1-2H3. The minimum atomic E-state index is 0.0528. The Labute approximate surface area is 158 Å². The summed E-state index contributed by atoms with van der Waals surface area (Å²) in [5.41, 5.74) is 0.958. The van der Waals surface area contributed by atoms with E-state index in [1.165, 1.54) is 0 Å². The van der Waals surface area contributed by atoms with Gasteiger partial charge < -0.3 is 9.42 Å². The maximum absolute atomic E-state index is 12.1. The van der Waals surface area contributed by atoms with Crippen LogP contribution >= 0.6 is 0 Å². The number of piperazine rings is 1. The molecule has 1 aliphatic rings. The predicted molar refractivity (Wildman–Crippen MR) is 104 cm³/mol. The van der Waals surface area contributed by atoms with Crippen molar-refractivity contribution in [3.8, 4) is 11.5 Å². The van der Waals surface area contributed by atoms with Crippen LogP contribution in [0.4, 0.5) is 0 Å². The topological polar surface area (TPSA) is 62.5 Å².